The Balaban J connectivity index is 2.13. The van der Waals surface area contributed by atoms with E-state index in [0.717, 1.165) is 12.3 Å². The summed E-state index contributed by atoms with van der Waals surface area (Å²) in [6.45, 7) is 5.79. The number of carbonyl (C=O) groups is 1. The minimum atomic E-state index is -0.546. The maximum atomic E-state index is 13.0. The second-order valence-electron chi connectivity index (χ2n) is 4.78. The van der Waals surface area contributed by atoms with E-state index in [2.05, 4.69) is 20.5 Å². The summed E-state index contributed by atoms with van der Waals surface area (Å²) >= 11 is 0. The number of hydrogen-bond donors (Lipinski definition) is 1. The normalized spacial score (nSPS) is 12.4. The molecule has 2 aromatic heterocycles. The lowest BCUT2D eigenvalue weighted by atomic mass is 10.2. The summed E-state index contributed by atoms with van der Waals surface area (Å²) in [5.41, 5.74) is 0.174. The summed E-state index contributed by atoms with van der Waals surface area (Å²) in [6, 6.07) is 0.994. The van der Waals surface area contributed by atoms with Gasteiger partial charge in [0.15, 0.2) is 5.82 Å². The van der Waals surface area contributed by atoms with Crippen LogP contribution in [-0.2, 0) is 0 Å². The van der Waals surface area contributed by atoms with E-state index >= 15 is 0 Å². The van der Waals surface area contributed by atoms with E-state index in [9.17, 15) is 9.18 Å². The summed E-state index contributed by atoms with van der Waals surface area (Å²) in [5.74, 6) is -0.295. The molecule has 1 amide bonds. The molecule has 1 N–H and O–H groups in total. The number of pyridine rings is 1. The second kappa shape index (κ2) is 5.77. The first-order valence-corrected chi connectivity index (χ1v) is 6.30. The van der Waals surface area contributed by atoms with Gasteiger partial charge in [-0.2, -0.15) is 0 Å². The molecule has 1 atom stereocenters. The number of amides is 1. The van der Waals surface area contributed by atoms with Crippen molar-refractivity contribution in [3.8, 4) is 0 Å². The molecule has 2 rings (SSSR count). The smallest absolute Gasteiger partial charge is 0.253 e. The molecule has 20 heavy (non-hydrogen) atoms. The summed E-state index contributed by atoms with van der Waals surface area (Å²) in [7, 11) is 0. The first-order chi connectivity index (χ1) is 9.49. The fourth-order valence-corrected chi connectivity index (χ4v) is 1.84. The molecule has 6 nitrogen and oxygen atoms in total. The number of hydrogen-bond acceptors (Lipinski definition) is 4. The van der Waals surface area contributed by atoms with Gasteiger partial charge in [-0.3, -0.25) is 9.78 Å². The highest BCUT2D eigenvalue weighted by atomic mass is 19.1. The Morgan fingerprint density at radius 1 is 1.35 bits per heavy atom. The van der Waals surface area contributed by atoms with Crippen LogP contribution in [0.5, 0.6) is 0 Å². The van der Waals surface area contributed by atoms with Gasteiger partial charge in [0.25, 0.3) is 5.91 Å². The van der Waals surface area contributed by atoms with Crippen LogP contribution >= 0.6 is 0 Å². The molecule has 0 aliphatic carbocycles. The molecule has 1 unspecified atom stereocenters. The van der Waals surface area contributed by atoms with E-state index in [-0.39, 0.29) is 17.6 Å². The number of carbonyl (C=O) groups excluding carboxylic acids is 1. The van der Waals surface area contributed by atoms with E-state index in [0.29, 0.717) is 5.82 Å². The Morgan fingerprint density at radius 2 is 2.10 bits per heavy atom. The quantitative estimate of drug-likeness (QED) is 0.926. The highest BCUT2D eigenvalue weighted by Gasteiger charge is 2.18. The number of nitrogens with zero attached hydrogens (tertiary/aromatic N) is 4. The summed E-state index contributed by atoms with van der Waals surface area (Å²) in [6.07, 6.45) is 3.99. The van der Waals surface area contributed by atoms with Crippen LogP contribution < -0.4 is 5.32 Å². The molecule has 0 bridgehead atoms. The van der Waals surface area contributed by atoms with Crippen molar-refractivity contribution in [3.63, 3.8) is 0 Å². The minimum Gasteiger partial charge on any atom is -0.342 e. The lowest BCUT2D eigenvalue weighted by molar-refractivity contribution is 0.0936. The fourth-order valence-electron chi connectivity index (χ4n) is 1.84. The van der Waals surface area contributed by atoms with E-state index < -0.39 is 11.7 Å². The highest BCUT2D eigenvalue weighted by Crippen LogP contribution is 2.14. The molecule has 0 aliphatic heterocycles. The number of rotatable bonds is 4. The predicted octanol–water partition coefficient (Wildman–Crippen LogP) is 1.88. The van der Waals surface area contributed by atoms with Crippen LogP contribution in [0.2, 0.25) is 0 Å². The minimum absolute atomic E-state index is 0.174. The number of halogens is 1. The molecule has 2 heterocycles. The fraction of sp³-hybridized carbons (Fsp3) is 0.385. The Hall–Kier alpha value is -2.31. The van der Waals surface area contributed by atoms with Crippen molar-refractivity contribution in [2.45, 2.75) is 32.9 Å². The van der Waals surface area contributed by atoms with Gasteiger partial charge in [-0.1, -0.05) is 0 Å². The maximum absolute atomic E-state index is 13.0. The van der Waals surface area contributed by atoms with Gasteiger partial charge in [0.05, 0.1) is 17.8 Å². The van der Waals surface area contributed by atoms with E-state index in [1.807, 2.05) is 18.4 Å². The Labute approximate surface area is 116 Å². The first-order valence-electron chi connectivity index (χ1n) is 6.30. The average molecular weight is 277 g/mol. The Kier molecular flexibility index (Phi) is 4.07. The molecule has 0 saturated carbocycles. The molecule has 2 aromatic rings. The van der Waals surface area contributed by atoms with Crippen LogP contribution in [0.3, 0.4) is 0 Å². The van der Waals surface area contributed by atoms with Gasteiger partial charge in [-0.15, -0.1) is 10.2 Å². The zero-order valence-electron chi connectivity index (χ0n) is 11.5. The molecule has 106 valence electrons. The highest BCUT2D eigenvalue weighted by molar-refractivity contribution is 5.94. The van der Waals surface area contributed by atoms with Crippen molar-refractivity contribution >= 4 is 5.91 Å². The summed E-state index contributed by atoms with van der Waals surface area (Å²) in [4.78, 5) is 15.7. The summed E-state index contributed by atoms with van der Waals surface area (Å²) in [5, 5.41) is 10.6. The van der Waals surface area contributed by atoms with Gasteiger partial charge in [0, 0.05) is 12.2 Å². The number of aromatic nitrogens is 4. The van der Waals surface area contributed by atoms with Crippen molar-refractivity contribution in [2.24, 2.45) is 0 Å². The molecule has 0 aromatic carbocycles. The molecular weight excluding hydrogens is 261 g/mol. The van der Waals surface area contributed by atoms with Gasteiger partial charge < -0.3 is 9.88 Å². The van der Waals surface area contributed by atoms with Crippen molar-refractivity contribution in [1.82, 2.24) is 25.1 Å². The Bertz CT molecular complexity index is 610. The van der Waals surface area contributed by atoms with Crippen LogP contribution in [0.15, 0.2) is 24.8 Å². The van der Waals surface area contributed by atoms with Gasteiger partial charge in [-0.05, 0) is 26.8 Å². The van der Waals surface area contributed by atoms with Crippen LogP contribution in [-0.4, -0.2) is 25.7 Å². The molecule has 0 radical (unpaired) electrons. The zero-order chi connectivity index (χ0) is 14.7. The van der Waals surface area contributed by atoms with Gasteiger partial charge in [0.2, 0.25) is 0 Å². The van der Waals surface area contributed by atoms with Crippen molar-refractivity contribution in [1.29, 1.82) is 0 Å². The third-order valence-electron chi connectivity index (χ3n) is 2.86. The first kappa shape index (κ1) is 14.1. The lowest BCUT2D eigenvalue weighted by Gasteiger charge is -2.16. The molecule has 0 saturated heterocycles. The SMILES string of the molecule is CC(NC(=O)c1cncc(F)c1)c1nncn1C(C)C. The van der Waals surface area contributed by atoms with Gasteiger partial charge in [-0.25, -0.2) is 4.39 Å². The Morgan fingerprint density at radius 3 is 2.75 bits per heavy atom. The lowest BCUT2D eigenvalue weighted by Crippen LogP contribution is -2.29. The van der Waals surface area contributed by atoms with Gasteiger partial charge in [0.1, 0.15) is 12.1 Å². The second-order valence-corrected chi connectivity index (χ2v) is 4.78. The molecule has 0 fully saturated rings. The standard InChI is InChI=1S/C13H16FN5O/c1-8(2)19-7-16-18-12(19)9(3)17-13(20)10-4-11(14)6-15-5-10/h4-9H,1-3H3,(H,17,20). The van der Waals surface area contributed by atoms with E-state index in [1.54, 1.807) is 13.3 Å². The van der Waals surface area contributed by atoms with E-state index in [1.165, 1.54) is 6.20 Å². The monoisotopic (exact) mass is 277 g/mol. The van der Waals surface area contributed by atoms with Crippen LogP contribution in [0.1, 0.15) is 49.0 Å². The van der Waals surface area contributed by atoms with Crippen molar-refractivity contribution in [2.75, 3.05) is 0 Å². The third-order valence-corrected chi connectivity index (χ3v) is 2.86. The van der Waals surface area contributed by atoms with Crippen LogP contribution in [0, 0.1) is 5.82 Å². The predicted molar refractivity (Wildman–Crippen MR) is 70.5 cm³/mol. The van der Waals surface area contributed by atoms with E-state index in [4.69, 9.17) is 0 Å². The van der Waals surface area contributed by atoms with Crippen LogP contribution in [0.4, 0.5) is 4.39 Å². The average Bonchev–Trinajstić information content (AvgIpc) is 2.88. The van der Waals surface area contributed by atoms with Crippen LogP contribution in [0.25, 0.3) is 0 Å². The molecule has 0 spiro atoms. The van der Waals surface area contributed by atoms with Crippen molar-refractivity contribution < 1.29 is 9.18 Å². The van der Waals surface area contributed by atoms with Crippen molar-refractivity contribution in [3.05, 3.63) is 42.0 Å². The molecule has 0 aliphatic rings. The molecule has 7 heteroatoms. The number of nitrogens with one attached hydrogen (secondary N) is 1. The largest absolute Gasteiger partial charge is 0.342 e. The molecular formula is C13H16FN5O. The maximum Gasteiger partial charge on any atom is 0.253 e. The zero-order valence-corrected chi connectivity index (χ0v) is 11.5. The van der Waals surface area contributed by atoms with Gasteiger partial charge >= 0.3 is 0 Å². The third kappa shape index (κ3) is 2.98. The topological polar surface area (TPSA) is 72.7 Å². The summed E-state index contributed by atoms with van der Waals surface area (Å²) < 4.78 is 14.9.